The lowest BCUT2D eigenvalue weighted by atomic mass is 9.80. The summed E-state index contributed by atoms with van der Waals surface area (Å²) >= 11 is 0. The number of rotatable bonds is 2. The summed E-state index contributed by atoms with van der Waals surface area (Å²) in [6.45, 7) is 2.15. The van der Waals surface area contributed by atoms with Crippen LogP contribution in [-0.4, -0.2) is 22.8 Å². The van der Waals surface area contributed by atoms with E-state index in [1.165, 1.54) is 19.1 Å². The zero-order valence-electron chi connectivity index (χ0n) is 12.1. The number of hydrogen-bond acceptors (Lipinski definition) is 1. The van der Waals surface area contributed by atoms with Gasteiger partial charge < -0.3 is 4.90 Å². The molecule has 3 rings (SSSR count). The summed E-state index contributed by atoms with van der Waals surface area (Å²) in [5.41, 5.74) is -0.960. The molecule has 5 heteroatoms. The Bertz CT molecular complexity index is 583. The first-order valence-corrected chi connectivity index (χ1v) is 7.20. The third-order valence-electron chi connectivity index (χ3n) is 5.06. The van der Waals surface area contributed by atoms with Crippen molar-refractivity contribution in [1.82, 2.24) is 4.90 Å². The van der Waals surface area contributed by atoms with Crippen LogP contribution in [0.25, 0.3) is 0 Å². The number of nitrogens with zero attached hydrogens (tertiary/aromatic N) is 1. The average Bonchev–Trinajstić information content (AvgIpc) is 2.89. The molecule has 0 bridgehead atoms. The van der Waals surface area contributed by atoms with Crippen molar-refractivity contribution in [3.8, 4) is 0 Å². The molecule has 2 fully saturated rings. The van der Waals surface area contributed by atoms with Crippen LogP contribution in [0.4, 0.5) is 13.2 Å². The summed E-state index contributed by atoms with van der Waals surface area (Å²) < 4.78 is 41.1. The molecule has 2 nitrogen and oxygen atoms in total. The normalized spacial score (nSPS) is 32.6. The van der Waals surface area contributed by atoms with Gasteiger partial charge in [-0.2, -0.15) is 0 Å². The SMILES string of the molecule is CC(F)(F)C1(C)C[C@@H]2CC[C@H](c3cccc(F)c3)N2C1=O. The molecule has 2 heterocycles. The molecule has 2 aliphatic heterocycles. The first-order valence-electron chi connectivity index (χ1n) is 7.20. The van der Waals surface area contributed by atoms with Gasteiger partial charge in [0, 0.05) is 13.0 Å². The highest BCUT2D eigenvalue weighted by atomic mass is 19.3. The molecule has 1 unspecified atom stereocenters. The van der Waals surface area contributed by atoms with Crippen molar-refractivity contribution in [2.24, 2.45) is 5.41 Å². The van der Waals surface area contributed by atoms with Crippen molar-refractivity contribution in [2.75, 3.05) is 0 Å². The fraction of sp³-hybridized carbons (Fsp3) is 0.562. The van der Waals surface area contributed by atoms with Gasteiger partial charge in [-0.05, 0) is 43.9 Å². The van der Waals surface area contributed by atoms with Crippen molar-refractivity contribution in [3.05, 3.63) is 35.6 Å². The van der Waals surface area contributed by atoms with E-state index >= 15 is 0 Å². The molecule has 1 aromatic carbocycles. The summed E-state index contributed by atoms with van der Waals surface area (Å²) in [6, 6.07) is 5.62. The monoisotopic (exact) mass is 297 g/mol. The second-order valence-corrected chi connectivity index (χ2v) is 6.44. The smallest absolute Gasteiger partial charge is 0.259 e. The van der Waals surface area contributed by atoms with E-state index in [9.17, 15) is 18.0 Å². The molecule has 0 saturated carbocycles. The Balaban J connectivity index is 1.95. The van der Waals surface area contributed by atoms with Gasteiger partial charge in [0.1, 0.15) is 11.2 Å². The maximum Gasteiger partial charge on any atom is 0.259 e. The Morgan fingerprint density at radius 2 is 2.05 bits per heavy atom. The lowest BCUT2D eigenvalue weighted by Crippen LogP contribution is -2.44. The molecule has 0 radical (unpaired) electrons. The largest absolute Gasteiger partial charge is 0.332 e. The van der Waals surface area contributed by atoms with Crippen LogP contribution in [-0.2, 0) is 4.79 Å². The summed E-state index contributed by atoms with van der Waals surface area (Å²) in [6.07, 6.45) is 1.56. The molecular formula is C16H18F3NO. The first-order chi connectivity index (χ1) is 9.74. The van der Waals surface area contributed by atoms with Crippen LogP contribution in [0.15, 0.2) is 24.3 Å². The van der Waals surface area contributed by atoms with E-state index < -0.39 is 17.2 Å². The average molecular weight is 297 g/mol. The Hall–Kier alpha value is -1.52. The fourth-order valence-electron chi connectivity index (χ4n) is 3.64. The van der Waals surface area contributed by atoms with Gasteiger partial charge in [0.05, 0.1) is 6.04 Å². The molecular weight excluding hydrogens is 279 g/mol. The third kappa shape index (κ3) is 2.05. The summed E-state index contributed by atoms with van der Waals surface area (Å²) in [5, 5.41) is 0. The molecule has 0 N–H and O–H groups in total. The second-order valence-electron chi connectivity index (χ2n) is 6.44. The number of fused-ring (bicyclic) bond motifs is 1. The van der Waals surface area contributed by atoms with Crippen LogP contribution < -0.4 is 0 Å². The zero-order valence-corrected chi connectivity index (χ0v) is 12.1. The predicted octanol–water partition coefficient (Wildman–Crippen LogP) is 3.92. The fourth-order valence-corrected chi connectivity index (χ4v) is 3.64. The minimum atomic E-state index is -3.05. The maximum atomic E-state index is 13.9. The van der Waals surface area contributed by atoms with Crippen LogP contribution in [0, 0.1) is 11.2 Å². The Labute approximate surface area is 121 Å². The number of carbonyl (C=O) groups excluding carboxylic acids is 1. The van der Waals surface area contributed by atoms with Crippen LogP contribution >= 0.6 is 0 Å². The summed E-state index contributed by atoms with van der Waals surface area (Å²) in [4.78, 5) is 14.1. The molecule has 0 aromatic heterocycles. The lowest BCUT2D eigenvalue weighted by Gasteiger charge is -2.31. The van der Waals surface area contributed by atoms with E-state index in [0.717, 1.165) is 6.92 Å². The molecule has 2 aliphatic rings. The lowest BCUT2D eigenvalue weighted by molar-refractivity contribution is -0.156. The second kappa shape index (κ2) is 4.49. The summed E-state index contributed by atoms with van der Waals surface area (Å²) in [7, 11) is 0. The van der Waals surface area contributed by atoms with E-state index in [1.54, 1.807) is 17.0 Å². The van der Waals surface area contributed by atoms with Crippen LogP contribution in [0.1, 0.15) is 44.7 Å². The zero-order chi connectivity index (χ0) is 15.4. The van der Waals surface area contributed by atoms with E-state index in [2.05, 4.69) is 0 Å². The molecule has 3 atom stereocenters. The standard InChI is InChI=1S/C16H18F3NO/c1-15(16(2,18)19)9-12-6-7-13(20(12)14(15)21)10-4-3-5-11(17)8-10/h3-5,8,12-13H,6-7,9H2,1-2H3/t12-,13+,15?/m0/s1. The molecule has 21 heavy (non-hydrogen) atoms. The number of halogens is 3. The van der Waals surface area contributed by atoms with Crippen molar-refractivity contribution in [3.63, 3.8) is 0 Å². The van der Waals surface area contributed by atoms with Crippen molar-refractivity contribution in [1.29, 1.82) is 0 Å². The van der Waals surface area contributed by atoms with Crippen LogP contribution in [0.5, 0.6) is 0 Å². The van der Waals surface area contributed by atoms with Gasteiger partial charge in [-0.1, -0.05) is 12.1 Å². The third-order valence-corrected chi connectivity index (χ3v) is 5.06. The van der Waals surface area contributed by atoms with Crippen molar-refractivity contribution < 1.29 is 18.0 Å². The van der Waals surface area contributed by atoms with Gasteiger partial charge in [-0.3, -0.25) is 4.79 Å². The van der Waals surface area contributed by atoms with Crippen molar-refractivity contribution >= 4 is 5.91 Å². The Morgan fingerprint density at radius 1 is 1.33 bits per heavy atom. The highest BCUT2D eigenvalue weighted by Crippen LogP contribution is 2.54. The molecule has 114 valence electrons. The van der Waals surface area contributed by atoms with Crippen molar-refractivity contribution in [2.45, 2.75) is 51.1 Å². The predicted molar refractivity (Wildman–Crippen MR) is 72.4 cm³/mol. The van der Waals surface area contributed by atoms with Gasteiger partial charge in [-0.25, -0.2) is 13.2 Å². The summed E-state index contributed by atoms with van der Waals surface area (Å²) in [5.74, 6) is -3.93. The highest BCUT2D eigenvalue weighted by Gasteiger charge is 2.62. The minimum absolute atomic E-state index is 0.165. The topological polar surface area (TPSA) is 20.3 Å². The number of benzene rings is 1. The van der Waals surface area contributed by atoms with Crippen LogP contribution in [0.2, 0.25) is 0 Å². The Kier molecular flexibility index (Phi) is 3.08. The molecule has 1 aromatic rings. The van der Waals surface area contributed by atoms with Gasteiger partial charge in [0.15, 0.2) is 0 Å². The van der Waals surface area contributed by atoms with E-state index in [4.69, 9.17) is 0 Å². The molecule has 1 amide bonds. The van der Waals surface area contributed by atoms with Gasteiger partial charge in [-0.15, -0.1) is 0 Å². The first kappa shape index (κ1) is 14.4. The molecule has 0 spiro atoms. The molecule has 0 aliphatic carbocycles. The number of amides is 1. The minimum Gasteiger partial charge on any atom is -0.332 e. The van der Waals surface area contributed by atoms with Gasteiger partial charge >= 0.3 is 0 Å². The number of hydrogen-bond donors (Lipinski definition) is 0. The van der Waals surface area contributed by atoms with Gasteiger partial charge in [0.2, 0.25) is 5.91 Å². The van der Waals surface area contributed by atoms with E-state index in [1.807, 2.05) is 0 Å². The quantitative estimate of drug-likeness (QED) is 0.810. The van der Waals surface area contributed by atoms with E-state index in [-0.39, 0.29) is 24.3 Å². The molecule has 2 saturated heterocycles. The Morgan fingerprint density at radius 3 is 2.67 bits per heavy atom. The van der Waals surface area contributed by atoms with Crippen LogP contribution in [0.3, 0.4) is 0 Å². The number of carbonyl (C=O) groups is 1. The van der Waals surface area contributed by atoms with E-state index in [0.29, 0.717) is 18.4 Å². The highest BCUT2D eigenvalue weighted by molar-refractivity contribution is 5.87. The van der Waals surface area contributed by atoms with Gasteiger partial charge in [0.25, 0.3) is 5.92 Å². The number of alkyl halides is 2. The maximum absolute atomic E-state index is 13.9.